The second-order valence-corrected chi connectivity index (χ2v) is 4.81. The molecule has 1 aromatic carbocycles. The summed E-state index contributed by atoms with van der Waals surface area (Å²) in [5.74, 6) is -1.56. The Labute approximate surface area is 101 Å². The molecule has 1 fully saturated rings. The number of hydrogen-bond acceptors (Lipinski definition) is 2. The van der Waals surface area contributed by atoms with Crippen molar-refractivity contribution in [2.75, 3.05) is 6.54 Å². The Hall–Kier alpha value is -0.940. The van der Waals surface area contributed by atoms with Crippen LogP contribution in [-0.4, -0.2) is 17.6 Å². The van der Waals surface area contributed by atoms with E-state index in [2.05, 4.69) is 21.2 Å². The summed E-state index contributed by atoms with van der Waals surface area (Å²) in [5.41, 5.74) is 0.534. The van der Waals surface area contributed by atoms with Crippen LogP contribution in [0.3, 0.4) is 0 Å². The van der Waals surface area contributed by atoms with Crippen LogP contribution in [0.5, 0.6) is 0 Å². The molecule has 16 heavy (non-hydrogen) atoms. The third-order valence-electron chi connectivity index (χ3n) is 2.82. The molecule has 1 aromatic rings. The van der Waals surface area contributed by atoms with Crippen molar-refractivity contribution in [3.05, 3.63) is 34.1 Å². The van der Waals surface area contributed by atoms with Gasteiger partial charge in [0.15, 0.2) is 0 Å². The molecule has 1 saturated heterocycles. The van der Waals surface area contributed by atoms with Crippen LogP contribution in [0, 0.1) is 11.7 Å². The number of aliphatic carboxylic acids is 1. The first-order valence-electron chi connectivity index (χ1n) is 4.99. The van der Waals surface area contributed by atoms with Crippen molar-refractivity contribution in [3.8, 4) is 0 Å². The number of carbonyl (C=O) groups is 1. The standard InChI is InChI=1S/C11H11BrFNO2/c12-7-1-2-8(9(13)4-7)10-3-6(5-14-10)11(15)16/h1-2,4,6,10,14H,3,5H2,(H,15,16). The first-order chi connectivity index (χ1) is 7.58. The van der Waals surface area contributed by atoms with E-state index in [9.17, 15) is 9.18 Å². The number of rotatable bonds is 2. The summed E-state index contributed by atoms with van der Waals surface area (Å²) in [7, 11) is 0. The molecule has 3 nitrogen and oxygen atoms in total. The highest BCUT2D eigenvalue weighted by Crippen LogP contribution is 2.30. The molecule has 0 bridgehead atoms. The lowest BCUT2D eigenvalue weighted by Crippen LogP contribution is -2.17. The molecule has 5 heteroatoms. The zero-order chi connectivity index (χ0) is 11.7. The molecule has 1 heterocycles. The Morgan fingerprint density at radius 2 is 2.31 bits per heavy atom. The van der Waals surface area contributed by atoms with E-state index in [1.54, 1.807) is 12.1 Å². The molecule has 0 spiro atoms. The first-order valence-corrected chi connectivity index (χ1v) is 5.78. The summed E-state index contributed by atoms with van der Waals surface area (Å²) in [6.07, 6.45) is 0.438. The van der Waals surface area contributed by atoms with Crippen LogP contribution in [0.1, 0.15) is 18.0 Å². The van der Waals surface area contributed by atoms with Gasteiger partial charge in [0.1, 0.15) is 5.82 Å². The Bertz CT molecular complexity index is 424. The van der Waals surface area contributed by atoms with E-state index in [0.29, 0.717) is 23.0 Å². The molecule has 86 valence electrons. The second kappa shape index (κ2) is 4.51. The number of carboxylic acid groups (broad SMARTS) is 1. The maximum atomic E-state index is 13.6. The summed E-state index contributed by atoms with van der Waals surface area (Å²) in [5, 5.41) is 11.9. The normalized spacial score (nSPS) is 24.6. The molecule has 0 saturated carbocycles. The van der Waals surface area contributed by atoms with Crippen molar-refractivity contribution in [1.82, 2.24) is 5.32 Å². The van der Waals surface area contributed by atoms with Crippen LogP contribution in [0.2, 0.25) is 0 Å². The van der Waals surface area contributed by atoms with Gasteiger partial charge in [0, 0.05) is 22.6 Å². The molecular formula is C11H11BrFNO2. The van der Waals surface area contributed by atoms with E-state index >= 15 is 0 Å². The van der Waals surface area contributed by atoms with Gasteiger partial charge in [0.05, 0.1) is 5.92 Å². The van der Waals surface area contributed by atoms with Crippen molar-refractivity contribution < 1.29 is 14.3 Å². The van der Waals surface area contributed by atoms with Gasteiger partial charge in [-0.15, -0.1) is 0 Å². The quantitative estimate of drug-likeness (QED) is 0.878. The molecule has 0 radical (unpaired) electrons. The Kier molecular flexibility index (Phi) is 3.25. The van der Waals surface area contributed by atoms with E-state index in [-0.39, 0.29) is 11.9 Å². The molecule has 2 atom stereocenters. The van der Waals surface area contributed by atoms with Gasteiger partial charge in [-0.05, 0) is 18.6 Å². The fourth-order valence-electron chi connectivity index (χ4n) is 1.94. The van der Waals surface area contributed by atoms with Gasteiger partial charge in [0.25, 0.3) is 0 Å². The van der Waals surface area contributed by atoms with Gasteiger partial charge in [0.2, 0.25) is 0 Å². The highest BCUT2D eigenvalue weighted by molar-refractivity contribution is 9.10. The highest BCUT2D eigenvalue weighted by atomic mass is 79.9. The SMILES string of the molecule is O=C(O)C1CNC(c2ccc(Br)cc2F)C1. The molecule has 0 amide bonds. The highest BCUT2D eigenvalue weighted by Gasteiger charge is 2.31. The molecule has 1 aliphatic heterocycles. The topological polar surface area (TPSA) is 49.3 Å². The minimum absolute atomic E-state index is 0.200. The number of hydrogen-bond donors (Lipinski definition) is 2. The number of benzene rings is 1. The van der Waals surface area contributed by atoms with Gasteiger partial charge in [-0.2, -0.15) is 0 Å². The maximum Gasteiger partial charge on any atom is 0.307 e. The van der Waals surface area contributed by atoms with E-state index in [4.69, 9.17) is 5.11 Å². The van der Waals surface area contributed by atoms with Crippen LogP contribution in [-0.2, 0) is 4.79 Å². The van der Waals surface area contributed by atoms with Crippen LogP contribution in [0.4, 0.5) is 4.39 Å². The molecular weight excluding hydrogens is 277 g/mol. The van der Waals surface area contributed by atoms with Crippen molar-refractivity contribution in [1.29, 1.82) is 0 Å². The first kappa shape index (κ1) is 11.5. The molecule has 2 N–H and O–H groups in total. The average Bonchev–Trinajstić information content (AvgIpc) is 2.66. The maximum absolute atomic E-state index is 13.6. The fraction of sp³-hybridized carbons (Fsp3) is 0.364. The summed E-state index contributed by atoms with van der Waals surface area (Å²) in [6, 6.07) is 4.63. The van der Waals surface area contributed by atoms with E-state index < -0.39 is 11.9 Å². The summed E-state index contributed by atoms with van der Waals surface area (Å²) < 4.78 is 14.3. The number of carboxylic acids is 1. The van der Waals surface area contributed by atoms with Crippen molar-refractivity contribution in [2.24, 2.45) is 5.92 Å². The summed E-state index contributed by atoms with van der Waals surface area (Å²) in [6.45, 7) is 0.398. The summed E-state index contributed by atoms with van der Waals surface area (Å²) in [4.78, 5) is 10.8. The molecule has 2 unspecified atom stereocenters. The zero-order valence-corrected chi connectivity index (χ0v) is 10.00. The Morgan fingerprint density at radius 1 is 1.56 bits per heavy atom. The fourth-order valence-corrected chi connectivity index (χ4v) is 2.28. The monoisotopic (exact) mass is 287 g/mol. The predicted octanol–water partition coefficient (Wildman–Crippen LogP) is 2.32. The van der Waals surface area contributed by atoms with Crippen LogP contribution >= 0.6 is 15.9 Å². The van der Waals surface area contributed by atoms with Crippen LogP contribution in [0.15, 0.2) is 22.7 Å². The Balaban J connectivity index is 2.17. The van der Waals surface area contributed by atoms with Gasteiger partial charge in [-0.25, -0.2) is 4.39 Å². The van der Waals surface area contributed by atoms with Crippen molar-refractivity contribution in [3.63, 3.8) is 0 Å². The number of halogens is 2. The lowest BCUT2D eigenvalue weighted by atomic mass is 10.00. The lowest BCUT2D eigenvalue weighted by molar-refractivity contribution is -0.141. The summed E-state index contributed by atoms with van der Waals surface area (Å²) >= 11 is 3.19. The second-order valence-electron chi connectivity index (χ2n) is 3.90. The third-order valence-corrected chi connectivity index (χ3v) is 3.31. The predicted molar refractivity (Wildman–Crippen MR) is 60.6 cm³/mol. The molecule has 0 aromatic heterocycles. The van der Waals surface area contributed by atoms with E-state index in [1.807, 2.05) is 0 Å². The smallest absolute Gasteiger partial charge is 0.307 e. The van der Waals surface area contributed by atoms with E-state index in [0.717, 1.165) is 0 Å². The zero-order valence-electron chi connectivity index (χ0n) is 8.41. The minimum atomic E-state index is -0.826. The largest absolute Gasteiger partial charge is 0.481 e. The minimum Gasteiger partial charge on any atom is -0.481 e. The number of nitrogens with one attached hydrogen (secondary N) is 1. The van der Waals surface area contributed by atoms with Crippen LogP contribution < -0.4 is 5.32 Å². The van der Waals surface area contributed by atoms with Gasteiger partial charge >= 0.3 is 5.97 Å². The van der Waals surface area contributed by atoms with Gasteiger partial charge < -0.3 is 10.4 Å². The molecule has 1 aliphatic rings. The molecule has 2 rings (SSSR count). The van der Waals surface area contributed by atoms with Crippen molar-refractivity contribution in [2.45, 2.75) is 12.5 Å². The Morgan fingerprint density at radius 3 is 2.88 bits per heavy atom. The van der Waals surface area contributed by atoms with Gasteiger partial charge in [-0.1, -0.05) is 22.0 Å². The molecule has 0 aliphatic carbocycles. The van der Waals surface area contributed by atoms with Crippen LogP contribution in [0.25, 0.3) is 0 Å². The van der Waals surface area contributed by atoms with Crippen molar-refractivity contribution >= 4 is 21.9 Å². The average molecular weight is 288 g/mol. The van der Waals surface area contributed by atoms with Gasteiger partial charge in [-0.3, -0.25) is 4.79 Å². The van der Waals surface area contributed by atoms with E-state index in [1.165, 1.54) is 6.07 Å². The third kappa shape index (κ3) is 2.25. The lowest BCUT2D eigenvalue weighted by Gasteiger charge is -2.11.